The average Bonchev–Trinajstić information content (AvgIpc) is 1.85. The minimum absolute atomic E-state index is 0.314. The predicted octanol–water partition coefficient (Wildman–Crippen LogP) is 2.55. The normalized spacial score (nSPS) is 14.1. The van der Waals surface area contributed by atoms with Gasteiger partial charge in [0.05, 0.1) is 0 Å². The zero-order valence-electron chi connectivity index (χ0n) is 5.38. The fourth-order valence-corrected chi connectivity index (χ4v) is 1.07. The maximum Gasteiger partial charge on any atom is 0.126 e. The highest BCUT2D eigenvalue weighted by Gasteiger charge is 1.94. The van der Waals surface area contributed by atoms with Crippen molar-refractivity contribution in [1.82, 2.24) is 0 Å². The second-order valence-corrected chi connectivity index (χ2v) is 2.91. The molecule has 54 valence electrons. The van der Waals surface area contributed by atoms with E-state index in [9.17, 15) is 0 Å². The molecule has 0 rings (SSSR count). The molecule has 0 saturated heterocycles. The summed E-state index contributed by atoms with van der Waals surface area (Å²) in [4.78, 5) is 4.06. The van der Waals surface area contributed by atoms with Gasteiger partial charge in [0.1, 0.15) is 6.26 Å². The summed E-state index contributed by atoms with van der Waals surface area (Å²) in [5.74, 6) is 0. The van der Waals surface area contributed by atoms with Gasteiger partial charge in [-0.1, -0.05) is 29.3 Å². The molecular formula is C6H11BrO2. The summed E-state index contributed by atoms with van der Waals surface area (Å²) in [6, 6.07) is 0. The number of rotatable bonds is 4. The number of halogens is 1. The Morgan fingerprint density at radius 1 is 1.78 bits per heavy atom. The van der Waals surface area contributed by atoms with Gasteiger partial charge >= 0.3 is 0 Å². The highest BCUT2D eigenvalue weighted by Crippen LogP contribution is 2.08. The van der Waals surface area contributed by atoms with Crippen molar-refractivity contribution in [1.29, 1.82) is 0 Å². The van der Waals surface area contributed by atoms with E-state index < -0.39 is 0 Å². The third kappa shape index (κ3) is 5.86. The summed E-state index contributed by atoms with van der Waals surface area (Å²) < 4.78 is 0. The molecule has 1 N–H and O–H groups in total. The molecule has 0 aliphatic carbocycles. The third-order valence-electron chi connectivity index (χ3n) is 0.913. The summed E-state index contributed by atoms with van der Waals surface area (Å²) in [5, 5.41) is 7.88. The minimum atomic E-state index is 0.314. The van der Waals surface area contributed by atoms with Crippen molar-refractivity contribution in [2.24, 2.45) is 0 Å². The van der Waals surface area contributed by atoms with Crippen LogP contribution < -0.4 is 0 Å². The first-order valence-electron chi connectivity index (χ1n) is 2.92. The summed E-state index contributed by atoms with van der Waals surface area (Å²) in [6.45, 7) is 2.10. The Morgan fingerprint density at radius 2 is 2.44 bits per heavy atom. The maximum atomic E-state index is 7.88. The van der Waals surface area contributed by atoms with Crippen LogP contribution in [-0.4, -0.2) is 10.1 Å². The van der Waals surface area contributed by atoms with Gasteiger partial charge in [0.25, 0.3) is 0 Å². The van der Waals surface area contributed by atoms with Gasteiger partial charge in [-0.05, 0) is 12.5 Å². The van der Waals surface area contributed by atoms with Crippen LogP contribution in [0.4, 0.5) is 0 Å². The molecule has 0 heterocycles. The number of hydrogen-bond donors (Lipinski definition) is 1. The lowest BCUT2D eigenvalue weighted by atomic mass is 10.2. The van der Waals surface area contributed by atoms with Crippen molar-refractivity contribution in [2.45, 2.75) is 24.6 Å². The van der Waals surface area contributed by atoms with Crippen LogP contribution in [0, 0.1) is 0 Å². The lowest BCUT2D eigenvalue weighted by Crippen LogP contribution is -1.89. The van der Waals surface area contributed by atoms with Crippen LogP contribution in [-0.2, 0) is 4.89 Å². The molecule has 2 nitrogen and oxygen atoms in total. The van der Waals surface area contributed by atoms with E-state index in [1.165, 1.54) is 6.26 Å². The first kappa shape index (κ1) is 8.98. The largest absolute Gasteiger partial charge is 0.348 e. The minimum Gasteiger partial charge on any atom is -0.348 e. The molecular weight excluding hydrogens is 184 g/mol. The fourth-order valence-electron chi connectivity index (χ4n) is 0.492. The predicted molar refractivity (Wildman–Crippen MR) is 40.5 cm³/mol. The molecule has 3 heteroatoms. The van der Waals surface area contributed by atoms with Crippen molar-refractivity contribution in [3.05, 3.63) is 12.3 Å². The Labute approximate surface area is 63.6 Å². The van der Waals surface area contributed by atoms with E-state index in [0.717, 1.165) is 12.8 Å². The molecule has 0 aromatic carbocycles. The molecule has 9 heavy (non-hydrogen) atoms. The molecule has 0 aromatic heterocycles. The monoisotopic (exact) mass is 194 g/mol. The van der Waals surface area contributed by atoms with E-state index in [-0.39, 0.29) is 0 Å². The van der Waals surface area contributed by atoms with Crippen LogP contribution in [0.1, 0.15) is 19.8 Å². The van der Waals surface area contributed by atoms with Crippen LogP contribution in [0.2, 0.25) is 0 Å². The number of alkyl halides is 1. The number of hydrogen-bond acceptors (Lipinski definition) is 2. The summed E-state index contributed by atoms with van der Waals surface area (Å²) in [7, 11) is 0. The Morgan fingerprint density at radius 3 is 2.89 bits per heavy atom. The molecule has 0 amide bonds. The van der Waals surface area contributed by atoms with Gasteiger partial charge in [0, 0.05) is 4.83 Å². The Kier molecular flexibility index (Phi) is 6.09. The zero-order chi connectivity index (χ0) is 7.11. The van der Waals surface area contributed by atoms with Crippen molar-refractivity contribution in [3.8, 4) is 0 Å². The van der Waals surface area contributed by atoms with Crippen LogP contribution in [0.5, 0.6) is 0 Å². The van der Waals surface area contributed by atoms with Gasteiger partial charge in [-0.3, -0.25) is 0 Å². The molecule has 0 saturated carbocycles. The Bertz CT molecular complexity index is 83.1. The van der Waals surface area contributed by atoms with Gasteiger partial charge in [0.2, 0.25) is 0 Å². The van der Waals surface area contributed by atoms with Gasteiger partial charge < -0.3 is 4.89 Å². The van der Waals surface area contributed by atoms with E-state index >= 15 is 0 Å². The van der Waals surface area contributed by atoms with Gasteiger partial charge in [-0.2, -0.15) is 0 Å². The first-order chi connectivity index (χ1) is 4.31. The van der Waals surface area contributed by atoms with Gasteiger partial charge in [0.15, 0.2) is 0 Å². The van der Waals surface area contributed by atoms with Crippen molar-refractivity contribution < 1.29 is 10.1 Å². The van der Waals surface area contributed by atoms with Crippen LogP contribution in [0.25, 0.3) is 0 Å². The Balaban J connectivity index is 3.25. The van der Waals surface area contributed by atoms with Crippen LogP contribution in [0.15, 0.2) is 12.3 Å². The number of allylic oxidation sites excluding steroid dienone is 1. The van der Waals surface area contributed by atoms with E-state index in [4.69, 9.17) is 5.26 Å². The maximum absolute atomic E-state index is 7.88. The molecule has 0 aliphatic rings. The molecule has 0 bridgehead atoms. The molecule has 0 radical (unpaired) electrons. The average molecular weight is 195 g/mol. The summed E-state index contributed by atoms with van der Waals surface area (Å²) >= 11 is 3.36. The van der Waals surface area contributed by atoms with Crippen molar-refractivity contribution in [3.63, 3.8) is 0 Å². The summed E-state index contributed by atoms with van der Waals surface area (Å²) in [6.07, 6.45) is 5.18. The van der Waals surface area contributed by atoms with Crippen molar-refractivity contribution in [2.75, 3.05) is 0 Å². The van der Waals surface area contributed by atoms with Crippen molar-refractivity contribution >= 4 is 15.9 Å². The second kappa shape index (κ2) is 6.11. The molecule has 1 atom stereocenters. The third-order valence-corrected chi connectivity index (χ3v) is 1.68. The Hall–Kier alpha value is -0.0200. The summed E-state index contributed by atoms with van der Waals surface area (Å²) in [5.41, 5.74) is 0. The molecule has 0 spiro atoms. The van der Waals surface area contributed by atoms with Gasteiger partial charge in [-0.25, -0.2) is 5.26 Å². The smallest absolute Gasteiger partial charge is 0.126 e. The van der Waals surface area contributed by atoms with Crippen LogP contribution in [0.3, 0.4) is 0 Å². The molecule has 0 aliphatic heterocycles. The molecule has 0 fully saturated rings. The second-order valence-electron chi connectivity index (χ2n) is 1.74. The fraction of sp³-hybridized carbons (Fsp3) is 0.667. The SMILES string of the molecule is CCCC(Br)/C=C\OO. The quantitative estimate of drug-likeness (QED) is 0.323. The lowest BCUT2D eigenvalue weighted by molar-refractivity contribution is -0.186. The first-order valence-corrected chi connectivity index (χ1v) is 3.83. The molecule has 1 unspecified atom stereocenters. The highest BCUT2D eigenvalue weighted by atomic mass is 79.9. The van der Waals surface area contributed by atoms with E-state index in [2.05, 4.69) is 27.7 Å². The zero-order valence-corrected chi connectivity index (χ0v) is 6.97. The topological polar surface area (TPSA) is 29.5 Å². The highest BCUT2D eigenvalue weighted by molar-refractivity contribution is 9.09. The van der Waals surface area contributed by atoms with E-state index in [0.29, 0.717) is 4.83 Å². The van der Waals surface area contributed by atoms with Gasteiger partial charge in [-0.15, -0.1) is 0 Å². The van der Waals surface area contributed by atoms with E-state index in [1.807, 2.05) is 0 Å². The lowest BCUT2D eigenvalue weighted by Gasteiger charge is -1.97. The molecule has 0 aromatic rings. The van der Waals surface area contributed by atoms with Crippen LogP contribution >= 0.6 is 15.9 Å². The standard InChI is InChI=1S/C6H11BrO2/c1-2-3-6(7)4-5-9-8/h4-6,8H,2-3H2,1H3/b5-4-. The van der Waals surface area contributed by atoms with E-state index in [1.54, 1.807) is 6.08 Å².